The number of aromatic nitrogens is 2. The van der Waals surface area contributed by atoms with Crippen LogP contribution in [0.2, 0.25) is 0 Å². The molecule has 3 aromatic rings. The largest absolute Gasteiger partial charge is 0.497 e. The maximum atomic E-state index is 12.8. The van der Waals surface area contributed by atoms with Gasteiger partial charge in [0, 0.05) is 25.7 Å². The number of ether oxygens (including phenoxy) is 1. The maximum Gasteiger partial charge on any atom is 0.266 e. The topological polar surface area (TPSA) is 64.4 Å². The summed E-state index contributed by atoms with van der Waals surface area (Å²) >= 11 is 1.61. The quantitative estimate of drug-likeness (QED) is 0.609. The van der Waals surface area contributed by atoms with Crippen molar-refractivity contribution >= 4 is 17.2 Å². The summed E-state index contributed by atoms with van der Waals surface area (Å²) in [4.78, 5) is 28.1. The van der Waals surface area contributed by atoms with Gasteiger partial charge in [0.25, 0.3) is 5.56 Å². The van der Waals surface area contributed by atoms with Crippen LogP contribution in [0.1, 0.15) is 18.4 Å². The fourth-order valence-electron chi connectivity index (χ4n) is 3.85. The third-order valence-corrected chi connectivity index (χ3v) is 6.35. The summed E-state index contributed by atoms with van der Waals surface area (Å²) in [5.41, 5.74) is 1.69. The number of carbonyl (C=O) groups is 1. The normalized spacial score (nSPS) is 16.4. The van der Waals surface area contributed by atoms with Crippen LogP contribution in [0.5, 0.6) is 5.75 Å². The Morgan fingerprint density at radius 2 is 2.03 bits per heavy atom. The average molecular weight is 424 g/mol. The van der Waals surface area contributed by atoms with Crippen LogP contribution in [0.4, 0.5) is 0 Å². The monoisotopic (exact) mass is 423 g/mol. The molecule has 0 N–H and O–H groups in total. The van der Waals surface area contributed by atoms with Gasteiger partial charge < -0.3 is 9.64 Å². The predicted octanol–water partition coefficient (Wildman–Crippen LogP) is 3.46. The van der Waals surface area contributed by atoms with E-state index in [2.05, 4.69) is 5.10 Å². The first-order chi connectivity index (χ1) is 14.6. The van der Waals surface area contributed by atoms with E-state index in [0.717, 1.165) is 41.3 Å². The van der Waals surface area contributed by atoms with Crippen molar-refractivity contribution in [2.45, 2.75) is 25.8 Å². The number of hydrogen-bond acceptors (Lipinski definition) is 5. The molecule has 0 unspecified atom stereocenters. The van der Waals surface area contributed by atoms with Crippen LogP contribution in [0, 0.1) is 5.92 Å². The Morgan fingerprint density at radius 1 is 1.20 bits per heavy atom. The summed E-state index contributed by atoms with van der Waals surface area (Å²) in [6, 6.07) is 14.9. The van der Waals surface area contributed by atoms with Gasteiger partial charge >= 0.3 is 0 Å². The van der Waals surface area contributed by atoms with Gasteiger partial charge in [0.05, 0.1) is 18.4 Å². The lowest BCUT2D eigenvalue weighted by molar-refractivity contribution is -0.132. The zero-order valence-corrected chi connectivity index (χ0v) is 17.8. The molecule has 0 saturated carbocycles. The number of amides is 1. The van der Waals surface area contributed by atoms with E-state index in [-0.39, 0.29) is 17.4 Å². The van der Waals surface area contributed by atoms with E-state index >= 15 is 0 Å². The molecule has 1 aromatic carbocycles. The molecule has 0 bridgehead atoms. The fourth-order valence-corrected chi connectivity index (χ4v) is 4.54. The van der Waals surface area contributed by atoms with Crippen molar-refractivity contribution in [3.05, 3.63) is 69.8 Å². The van der Waals surface area contributed by atoms with Crippen LogP contribution in [-0.2, 0) is 17.8 Å². The second-order valence-corrected chi connectivity index (χ2v) is 8.54. The highest BCUT2D eigenvalue weighted by atomic mass is 32.1. The highest BCUT2D eigenvalue weighted by Crippen LogP contribution is 2.23. The van der Waals surface area contributed by atoms with E-state index in [4.69, 9.17) is 4.74 Å². The van der Waals surface area contributed by atoms with E-state index in [9.17, 15) is 9.59 Å². The summed E-state index contributed by atoms with van der Waals surface area (Å²) in [5.74, 6) is 1.13. The van der Waals surface area contributed by atoms with Crippen molar-refractivity contribution in [1.82, 2.24) is 14.7 Å². The Balaban J connectivity index is 1.41. The number of nitrogens with zero attached hydrogens (tertiary/aromatic N) is 3. The molecule has 0 radical (unpaired) electrons. The maximum absolute atomic E-state index is 12.8. The van der Waals surface area contributed by atoms with Gasteiger partial charge in [-0.1, -0.05) is 18.2 Å². The highest BCUT2D eigenvalue weighted by Gasteiger charge is 2.24. The fraction of sp³-hybridized carbons (Fsp3) is 0.348. The van der Waals surface area contributed by atoms with E-state index in [1.165, 1.54) is 0 Å². The number of likely N-dealkylation sites (tertiary alicyclic amines) is 1. The molecular weight excluding hydrogens is 398 g/mol. The highest BCUT2D eigenvalue weighted by molar-refractivity contribution is 7.13. The summed E-state index contributed by atoms with van der Waals surface area (Å²) in [5, 5.41) is 6.56. The Bertz CT molecular complexity index is 1040. The molecule has 6 nitrogen and oxygen atoms in total. The van der Waals surface area contributed by atoms with E-state index < -0.39 is 0 Å². The average Bonchev–Trinajstić information content (AvgIpc) is 3.31. The lowest BCUT2D eigenvalue weighted by atomic mass is 9.97. The Labute approximate surface area is 179 Å². The van der Waals surface area contributed by atoms with Crippen molar-refractivity contribution in [3.8, 4) is 16.3 Å². The number of thiophene rings is 1. The standard InChI is InChI=1S/C23H25N3O3S/c1-29-19-8-6-17(7-9-19)14-23(28)25-12-2-4-18(15-25)16-26-22(27)11-10-20(24-26)21-5-3-13-30-21/h3,5-11,13,18H,2,4,12,14-16H2,1H3/t18-/m1/s1. The first kappa shape index (κ1) is 20.3. The van der Waals surface area contributed by atoms with Crippen molar-refractivity contribution in [2.75, 3.05) is 20.2 Å². The van der Waals surface area contributed by atoms with Crippen LogP contribution >= 0.6 is 11.3 Å². The zero-order chi connectivity index (χ0) is 20.9. The number of carbonyl (C=O) groups excluding carboxylic acids is 1. The van der Waals surface area contributed by atoms with Gasteiger partial charge in [0.1, 0.15) is 11.4 Å². The molecule has 0 spiro atoms. The Morgan fingerprint density at radius 3 is 2.77 bits per heavy atom. The SMILES string of the molecule is COc1ccc(CC(=O)N2CCC[C@@H](Cn3nc(-c4cccs4)ccc3=O)C2)cc1. The van der Waals surface area contributed by atoms with Gasteiger partial charge in [-0.25, -0.2) is 4.68 Å². The minimum Gasteiger partial charge on any atom is -0.497 e. The molecule has 1 amide bonds. The van der Waals surface area contributed by atoms with Crippen molar-refractivity contribution in [2.24, 2.45) is 5.92 Å². The third kappa shape index (κ3) is 4.79. The van der Waals surface area contributed by atoms with Crippen LogP contribution in [0.3, 0.4) is 0 Å². The van der Waals surface area contributed by atoms with Crippen LogP contribution < -0.4 is 10.3 Å². The van der Waals surface area contributed by atoms with Gasteiger partial charge in [-0.3, -0.25) is 9.59 Å². The molecule has 1 aliphatic heterocycles. The summed E-state index contributed by atoms with van der Waals surface area (Å²) in [6.45, 7) is 1.96. The van der Waals surface area contributed by atoms with Gasteiger partial charge in [-0.15, -0.1) is 11.3 Å². The molecule has 1 saturated heterocycles. The van der Waals surface area contributed by atoms with E-state index in [1.807, 2.05) is 46.7 Å². The molecule has 4 rings (SSSR count). The van der Waals surface area contributed by atoms with Gasteiger partial charge in [-0.05, 0) is 54.0 Å². The number of rotatable bonds is 6. The molecule has 30 heavy (non-hydrogen) atoms. The minimum atomic E-state index is -0.100. The van der Waals surface area contributed by atoms with Gasteiger partial charge in [0.15, 0.2) is 0 Å². The van der Waals surface area contributed by atoms with E-state index in [0.29, 0.717) is 19.5 Å². The van der Waals surface area contributed by atoms with Crippen LogP contribution in [0.25, 0.3) is 10.6 Å². The van der Waals surface area contributed by atoms with Gasteiger partial charge in [-0.2, -0.15) is 5.10 Å². The third-order valence-electron chi connectivity index (χ3n) is 5.46. The summed E-state index contributed by atoms with van der Waals surface area (Å²) in [6.07, 6.45) is 2.31. The molecule has 156 valence electrons. The smallest absolute Gasteiger partial charge is 0.266 e. The molecule has 7 heteroatoms. The lowest BCUT2D eigenvalue weighted by Crippen LogP contribution is -2.42. The van der Waals surface area contributed by atoms with Crippen molar-refractivity contribution in [3.63, 3.8) is 0 Å². The molecule has 1 aliphatic rings. The predicted molar refractivity (Wildman–Crippen MR) is 118 cm³/mol. The van der Waals surface area contributed by atoms with Crippen LogP contribution in [-0.4, -0.2) is 40.8 Å². The second kappa shape index (κ2) is 9.26. The molecule has 3 heterocycles. The summed E-state index contributed by atoms with van der Waals surface area (Å²) in [7, 11) is 1.63. The van der Waals surface area contributed by atoms with Crippen LogP contribution in [0.15, 0.2) is 58.7 Å². The molecule has 1 fully saturated rings. The van der Waals surface area contributed by atoms with Gasteiger partial charge in [0.2, 0.25) is 5.91 Å². The first-order valence-electron chi connectivity index (χ1n) is 10.1. The number of benzene rings is 1. The molecular formula is C23H25N3O3S. The molecule has 1 atom stereocenters. The minimum absolute atomic E-state index is 0.100. The van der Waals surface area contributed by atoms with Crippen molar-refractivity contribution in [1.29, 1.82) is 0 Å². The number of methoxy groups -OCH3 is 1. The van der Waals surface area contributed by atoms with E-state index in [1.54, 1.807) is 35.3 Å². The number of hydrogen-bond donors (Lipinski definition) is 0. The first-order valence-corrected chi connectivity index (χ1v) is 11.0. The number of piperidine rings is 1. The Hall–Kier alpha value is -2.93. The van der Waals surface area contributed by atoms with Crippen molar-refractivity contribution < 1.29 is 9.53 Å². The Kier molecular flexibility index (Phi) is 6.28. The zero-order valence-electron chi connectivity index (χ0n) is 17.0. The molecule has 0 aliphatic carbocycles. The second-order valence-electron chi connectivity index (χ2n) is 7.59. The molecule has 2 aromatic heterocycles. The lowest BCUT2D eigenvalue weighted by Gasteiger charge is -2.33. The summed E-state index contributed by atoms with van der Waals surface area (Å²) < 4.78 is 6.73.